The molecule has 2 fully saturated rings. The van der Waals surface area contributed by atoms with Gasteiger partial charge >= 0.3 is 0 Å². The first-order valence-corrected chi connectivity index (χ1v) is 10.8. The maximum Gasteiger partial charge on any atom is 0.254 e. The molecule has 0 spiro atoms. The first-order chi connectivity index (χ1) is 12.3. The average Bonchev–Trinajstić information content (AvgIpc) is 2.61. The largest absolute Gasteiger partial charge is 0.333 e. The molecule has 0 aliphatic carbocycles. The quantitative estimate of drug-likeness (QED) is 0.821. The molecule has 27 heavy (non-hydrogen) atoms. The Hall–Kier alpha value is -1.15. The molecule has 3 rings (SSSR count). The number of halogens is 1. The van der Waals surface area contributed by atoms with Crippen LogP contribution in [-0.2, 0) is 10.0 Å². The van der Waals surface area contributed by atoms with Gasteiger partial charge < -0.3 is 10.2 Å². The molecule has 1 aromatic rings. The maximum atomic E-state index is 13.1. The Morgan fingerprint density at radius 2 is 1.81 bits per heavy atom. The number of amides is 1. The fourth-order valence-corrected chi connectivity index (χ4v) is 5.78. The van der Waals surface area contributed by atoms with Crippen LogP contribution in [0, 0.1) is 11.8 Å². The predicted molar refractivity (Wildman–Crippen MR) is 109 cm³/mol. The van der Waals surface area contributed by atoms with Crippen molar-refractivity contribution in [1.82, 2.24) is 14.5 Å². The zero-order valence-electron chi connectivity index (χ0n) is 16.2. The Labute approximate surface area is 168 Å². The van der Waals surface area contributed by atoms with Crippen molar-refractivity contribution in [2.45, 2.75) is 38.1 Å². The Morgan fingerprint density at radius 1 is 1.15 bits per heavy atom. The van der Waals surface area contributed by atoms with Crippen LogP contribution in [0.4, 0.5) is 0 Å². The first kappa shape index (κ1) is 22.1. The molecule has 2 heterocycles. The van der Waals surface area contributed by atoms with Gasteiger partial charge in [-0.3, -0.25) is 4.79 Å². The second kappa shape index (κ2) is 8.90. The van der Waals surface area contributed by atoms with E-state index in [4.69, 9.17) is 0 Å². The van der Waals surface area contributed by atoms with Gasteiger partial charge in [-0.2, -0.15) is 4.31 Å². The molecule has 2 saturated heterocycles. The fraction of sp³-hybridized carbons (Fsp3) is 0.632. The van der Waals surface area contributed by atoms with Crippen molar-refractivity contribution >= 4 is 28.3 Å². The molecule has 1 aromatic carbocycles. The highest BCUT2D eigenvalue weighted by Crippen LogP contribution is 2.27. The number of piperazine rings is 1. The van der Waals surface area contributed by atoms with Gasteiger partial charge in [-0.15, -0.1) is 12.4 Å². The number of rotatable bonds is 3. The molecule has 0 radical (unpaired) electrons. The predicted octanol–water partition coefficient (Wildman–Crippen LogP) is 2.21. The summed E-state index contributed by atoms with van der Waals surface area (Å²) in [5.74, 6) is 0.594. The minimum Gasteiger partial charge on any atom is -0.333 e. The number of sulfonamides is 1. The summed E-state index contributed by atoms with van der Waals surface area (Å²) in [5, 5.41) is 3.26. The van der Waals surface area contributed by atoms with Crippen molar-refractivity contribution < 1.29 is 13.2 Å². The van der Waals surface area contributed by atoms with Gasteiger partial charge in [0.05, 0.1) is 4.90 Å². The fourth-order valence-electron chi connectivity index (χ4n) is 4.05. The third-order valence-electron chi connectivity index (χ3n) is 5.32. The van der Waals surface area contributed by atoms with Gasteiger partial charge in [0.25, 0.3) is 5.91 Å². The number of benzene rings is 1. The van der Waals surface area contributed by atoms with E-state index in [0.717, 1.165) is 19.5 Å². The van der Waals surface area contributed by atoms with Crippen molar-refractivity contribution in [2.24, 2.45) is 11.8 Å². The summed E-state index contributed by atoms with van der Waals surface area (Å²) in [5.41, 5.74) is 0.443. The van der Waals surface area contributed by atoms with E-state index >= 15 is 0 Å². The second-order valence-electron chi connectivity index (χ2n) is 7.85. The maximum absolute atomic E-state index is 13.1. The van der Waals surface area contributed by atoms with E-state index in [1.165, 1.54) is 6.07 Å². The van der Waals surface area contributed by atoms with Crippen LogP contribution in [0.25, 0.3) is 0 Å². The van der Waals surface area contributed by atoms with Gasteiger partial charge in [0, 0.05) is 44.3 Å². The molecule has 0 bridgehead atoms. The molecular formula is C19H30ClN3O3S. The zero-order chi connectivity index (χ0) is 18.9. The molecule has 2 aliphatic rings. The van der Waals surface area contributed by atoms with Crippen molar-refractivity contribution in [3.63, 3.8) is 0 Å². The lowest BCUT2D eigenvalue weighted by Crippen LogP contribution is -2.52. The van der Waals surface area contributed by atoms with Crippen LogP contribution >= 0.6 is 12.4 Å². The van der Waals surface area contributed by atoms with Crippen LogP contribution in [0.2, 0.25) is 0 Å². The van der Waals surface area contributed by atoms with Crippen molar-refractivity contribution in [1.29, 1.82) is 0 Å². The number of carbonyl (C=O) groups is 1. The lowest BCUT2D eigenvalue weighted by molar-refractivity contribution is 0.0655. The van der Waals surface area contributed by atoms with Gasteiger partial charge in [0.2, 0.25) is 10.0 Å². The van der Waals surface area contributed by atoms with Gasteiger partial charge in [0.15, 0.2) is 0 Å². The summed E-state index contributed by atoms with van der Waals surface area (Å²) in [6.45, 7) is 9.41. The molecule has 6 nitrogen and oxygen atoms in total. The van der Waals surface area contributed by atoms with Crippen molar-refractivity contribution in [2.75, 3.05) is 32.7 Å². The van der Waals surface area contributed by atoms with Crippen molar-refractivity contribution in [3.05, 3.63) is 29.8 Å². The van der Waals surface area contributed by atoms with E-state index in [1.54, 1.807) is 22.5 Å². The van der Waals surface area contributed by atoms with Crippen LogP contribution in [0.5, 0.6) is 0 Å². The van der Waals surface area contributed by atoms with E-state index in [0.29, 0.717) is 37.0 Å². The number of hydrogen-bond acceptors (Lipinski definition) is 4. The average molecular weight is 416 g/mol. The van der Waals surface area contributed by atoms with E-state index in [1.807, 2.05) is 11.8 Å². The number of piperidine rings is 1. The third-order valence-corrected chi connectivity index (χ3v) is 7.14. The number of nitrogens with zero attached hydrogens (tertiary/aromatic N) is 2. The van der Waals surface area contributed by atoms with Gasteiger partial charge in [-0.25, -0.2) is 8.42 Å². The Bertz CT molecular complexity index is 761. The van der Waals surface area contributed by atoms with E-state index in [2.05, 4.69) is 19.2 Å². The molecular weight excluding hydrogens is 386 g/mol. The Kier molecular flexibility index (Phi) is 7.30. The molecule has 1 N–H and O–H groups in total. The number of nitrogens with one attached hydrogen (secondary N) is 1. The van der Waals surface area contributed by atoms with Crippen LogP contribution < -0.4 is 5.32 Å². The number of hydrogen-bond donors (Lipinski definition) is 1. The molecule has 152 valence electrons. The smallest absolute Gasteiger partial charge is 0.254 e. The van der Waals surface area contributed by atoms with E-state index in [9.17, 15) is 13.2 Å². The highest BCUT2D eigenvalue weighted by atomic mass is 35.5. The van der Waals surface area contributed by atoms with Crippen LogP contribution in [0.1, 0.15) is 37.6 Å². The van der Waals surface area contributed by atoms with Gasteiger partial charge in [-0.1, -0.05) is 19.9 Å². The molecule has 0 aromatic heterocycles. The normalized spacial score (nSPS) is 27.1. The van der Waals surface area contributed by atoms with E-state index in [-0.39, 0.29) is 29.3 Å². The first-order valence-electron chi connectivity index (χ1n) is 9.41. The minimum atomic E-state index is -3.58. The monoisotopic (exact) mass is 415 g/mol. The molecule has 2 aliphatic heterocycles. The van der Waals surface area contributed by atoms with Crippen LogP contribution in [0.3, 0.4) is 0 Å². The molecule has 2 unspecified atom stereocenters. The molecule has 3 atom stereocenters. The summed E-state index contributed by atoms with van der Waals surface area (Å²) in [6, 6.07) is 6.61. The summed E-state index contributed by atoms with van der Waals surface area (Å²) in [4.78, 5) is 14.9. The highest BCUT2D eigenvalue weighted by Gasteiger charge is 2.32. The summed E-state index contributed by atoms with van der Waals surface area (Å²) < 4.78 is 27.7. The highest BCUT2D eigenvalue weighted by molar-refractivity contribution is 7.89. The van der Waals surface area contributed by atoms with Gasteiger partial charge in [0.1, 0.15) is 0 Å². The topological polar surface area (TPSA) is 69.7 Å². The SMILES string of the molecule is CC1CC(C)CN(S(=O)(=O)c2cccc(C(=O)N3CCNC[C@@H]3C)c2)C1.Cl. The van der Waals surface area contributed by atoms with Crippen LogP contribution in [-0.4, -0.2) is 62.3 Å². The summed E-state index contributed by atoms with van der Waals surface area (Å²) >= 11 is 0. The van der Waals surface area contributed by atoms with E-state index < -0.39 is 10.0 Å². The second-order valence-corrected chi connectivity index (χ2v) is 9.79. The van der Waals surface area contributed by atoms with Crippen molar-refractivity contribution in [3.8, 4) is 0 Å². The lowest BCUT2D eigenvalue weighted by Gasteiger charge is -2.35. The lowest BCUT2D eigenvalue weighted by atomic mass is 9.94. The Morgan fingerprint density at radius 3 is 2.44 bits per heavy atom. The zero-order valence-corrected chi connectivity index (χ0v) is 17.9. The summed E-state index contributed by atoms with van der Waals surface area (Å²) in [6.07, 6.45) is 1.05. The Balaban J connectivity index is 0.00000261. The molecule has 8 heteroatoms. The molecule has 0 saturated carbocycles. The number of carbonyl (C=O) groups excluding carboxylic acids is 1. The standard InChI is InChI=1S/C19H29N3O3S.ClH/c1-14-9-15(2)13-21(12-14)26(24,25)18-6-4-5-17(10-18)19(23)22-8-7-20-11-16(22)3;/h4-6,10,14-16,20H,7-9,11-13H2,1-3H3;1H/t14?,15?,16-;/m0./s1. The minimum absolute atomic E-state index is 0. The summed E-state index contributed by atoms with van der Waals surface area (Å²) in [7, 11) is -3.58. The van der Waals surface area contributed by atoms with Crippen LogP contribution in [0.15, 0.2) is 29.2 Å². The van der Waals surface area contributed by atoms with Gasteiger partial charge in [-0.05, 0) is 43.4 Å². The third kappa shape index (κ3) is 4.83. The molecule has 1 amide bonds.